The lowest BCUT2D eigenvalue weighted by atomic mass is 9.48. The van der Waals surface area contributed by atoms with Gasteiger partial charge in [-0.25, -0.2) is 0 Å². The largest absolute Gasteiger partial charge is 0.393 e. The Morgan fingerprint density at radius 2 is 1.91 bits per heavy atom. The summed E-state index contributed by atoms with van der Waals surface area (Å²) >= 11 is 0. The maximum atomic E-state index is 10.5. The molecular weight excluding hydrogens is 272 g/mol. The zero-order valence-corrected chi connectivity index (χ0v) is 14.5. The molecule has 3 saturated carbocycles. The van der Waals surface area contributed by atoms with Crippen LogP contribution in [0, 0.1) is 28.6 Å². The first-order chi connectivity index (χ1) is 10.5. The summed E-state index contributed by atoms with van der Waals surface area (Å²) in [6.45, 7) is 4.91. The Morgan fingerprint density at radius 1 is 1.09 bits per heavy atom. The highest BCUT2D eigenvalue weighted by molar-refractivity contribution is 5.25. The molecular formula is C20H32O2. The molecule has 124 valence electrons. The highest BCUT2D eigenvalue weighted by Gasteiger charge is 2.58. The van der Waals surface area contributed by atoms with Gasteiger partial charge in [0.15, 0.2) is 0 Å². The molecule has 22 heavy (non-hydrogen) atoms. The molecule has 2 heteroatoms. The van der Waals surface area contributed by atoms with E-state index in [1.54, 1.807) is 5.57 Å². The minimum Gasteiger partial charge on any atom is -0.393 e. The summed E-state index contributed by atoms with van der Waals surface area (Å²) < 4.78 is 5.65. The monoisotopic (exact) mass is 304 g/mol. The molecule has 0 heterocycles. The van der Waals surface area contributed by atoms with Crippen LogP contribution in [0.1, 0.15) is 65.2 Å². The van der Waals surface area contributed by atoms with Crippen molar-refractivity contribution < 1.29 is 9.84 Å². The van der Waals surface area contributed by atoms with Crippen LogP contribution >= 0.6 is 0 Å². The SMILES string of the molecule is COC1CCC2(C)C(=CCC3C2CCC2(C)C(O)CCC32)C1. The molecule has 7 unspecified atom stereocenters. The molecule has 0 aromatic carbocycles. The van der Waals surface area contributed by atoms with Gasteiger partial charge in [0.25, 0.3) is 0 Å². The lowest BCUT2D eigenvalue weighted by Crippen LogP contribution is -2.51. The van der Waals surface area contributed by atoms with Crippen LogP contribution in [0.25, 0.3) is 0 Å². The van der Waals surface area contributed by atoms with Gasteiger partial charge in [0, 0.05) is 7.11 Å². The van der Waals surface area contributed by atoms with Crippen molar-refractivity contribution in [2.24, 2.45) is 28.6 Å². The zero-order valence-electron chi connectivity index (χ0n) is 14.5. The van der Waals surface area contributed by atoms with E-state index in [9.17, 15) is 5.11 Å². The average molecular weight is 304 g/mol. The van der Waals surface area contributed by atoms with Gasteiger partial charge < -0.3 is 9.84 Å². The number of hydrogen-bond acceptors (Lipinski definition) is 2. The van der Waals surface area contributed by atoms with E-state index >= 15 is 0 Å². The summed E-state index contributed by atoms with van der Waals surface area (Å²) in [6.07, 6.45) is 12.7. The topological polar surface area (TPSA) is 29.5 Å². The third-order valence-electron chi connectivity index (χ3n) is 8.34. The molecule has 0 radical (unpaired) electrons. The quantitative estimate of drug-likeness (QED) is 0.731. The van der Waals surface area contributed by atoms with Gasteiger partial charge in [-0.1, -0.05) is 25.5 Å². The van der Waals surface area contributed by atoms with Gasteiger partial charge >= 0.3 is 0 Å². The van der Waals surface area contributed by atoms with Crippen LogP contribution in [0.3, 0.4) is 0 Å². The van der Waals surface area contributed by atoms with Crippen LogP contribution in [0.15, 0.2) is 11.6 Å². The van der Waals surface area contributed by atoms with E-state index < -0.39 is 0 Å². The Bertz CT molecular complexity index is 484. The summed E-state index contributed by atoms with van der Waals surface area (Å²) in [5, 5.41) is 10.5. The van der Waals surface area contributed by atoms with E-state index in [-0.39, 0.29) is 11.5 Å². The van der Waals surface area contributed by atoms with E-state index in [0.717, 1.165) is 30.6 Å². The molecule has 0 saturated heterocycles. The van der Waals surface area contributed by atoms with Crippen LogP contribution < -0.4 is 0 Å². The van der Waals surface area contributed by atoms with Gasteiger partial charge in [0.05, 0.1) is 12.2 Å². The maximum absolute atomic E-state index is 10.5. The van der Waals surface area contributed by atoms with Crippen LogP contribution in [-0.2, 0) is 4.74 Å². The molecule has 0 spiro atoms. The van der Waals surface area contributed by atoms with Crippen molar-refractivity contribution >= 4 is 0 Å². The van der Waals surface area contributed by atoms with Crippen molar-refractivity contribution in [1.82, 2.24) is 0 Å². The Balaban J connectivity index is 1.64. The van der Waals surface area contributed by atoms with Gasteiger partial charge in [0.1, 0.15) is 0 Å². The van der Waals surface area contributed by atoms with E-state index in [0.29, 0.717) is 11.5 Å². The zero-order chi connectivity index (χ0) is 15.5. The van der Waals surface area contributed by atoms with Crippen LogP contribution in [-0.4, -0.2) is 24.4 Å². The Hall–Kier alpha value is -0.340. The van der Waals surface area contributed by atoms with E-state index in [1.165, 1.54) is 38.5 Å². The maximum Gasteiger partial charge on any atom is 0.0608 e. The molecule has 2 nitrogen and oxygen atoms in total. The molecule has 0 aromatic rings. The van der Waals surface area contributed by atoms with Crippen molar-refractivity contribution in [2.45, 2.75) is 77.4 Å². The number of allylic oxidation sites excluding steroid dienone is 1. The summed E-state index contributed by atoms with van der Waals surface area (Å²) in [6, 6.07) is 0. The van der Waals surface area contributed by atoms with E-state index in [4.69, 9.17) is 4.74 Å². The van der Waals surface area contributed by atoms with Gasteiger partial charge in [-0.05, 0) is 80.0 Å². The first kappa shape index (κ1) is 15.2. The van der Waals surface area contributed by atoms with E-state index in [1.807, 2.05) is 7.11 Å². The fraction of sp³-hybridized carbons (Fsp3) is 0.900. The minimum atomic E-state index is -0.0548. The number of hydrogen-bond donors (Lipinski definition) is 1. The second kappa shape index (κ2) is 5.08. The number of rotatable bonds is 1. The molecule has 0 amide bonds. The number of ether oxygens (including phenoxy) is 1. The summed E-state index contributed by atoms with van der Waals surface area (Å²) in [4.78, 5) is 0. The van der Waals surface area contributed by atoms with Crippen molar-refractivity contribution in [2.75, 3.05) is 7.11 Å². The fourth-order valence-electron chi connectivity index (χ4n) is 6.80. The van der Waals surface area contributed by atoms with Crippen LogP contribution in [0.4, 0.5) is 0 Å². The lowest BCUT2D eigenvalue weighted by Gasteiger charge is -2.57. The number of aliphatic hydroxyl groups excluding tert-OH is 1. The van der Waals surface area contributed by atoms with Gasteiger partial charge in [-0.15, -0.1) is 0 Å². The average Bonchev–Trinajstić information content (AvgIpc) is 2.82. The molecule has 4 rings (SSSR count). The number of aliphatic hydroxyl groups is 1. The first-order valence-electron chi connectivity index (χ1n) is 9.39. The van der Waals surface area contributed by atoms with Crippen LogP contribution in [0.2, 0.25) is 0 Å². The number of fused-ring (bicyclic) bond motifs is 5. The third-order valence-corrected chi connectivity index (χ3v) is 8.34. The molecule has 0 bridgehead atoms. The smallest absolute Gasteiger partial charge is 0.0608 e. The molecule has 0 aromatic heterocycles. The molecule has 4 aliphatic rings. The molecule has 7 atom stereocenters. The Morgan fingerprint density at radius 3 is 2.68 bits per heavy atom. The molecule has 3 fully saturated rings. The summed E-state index contributed by atoms with van der Waals surface area (Å²) in [5.74, 6) is 2.40. The first-order valence-corrected chi connectivity index (χ1v) is 9.39. The predicted octanol–water partition coefficient (Wildman–Crippen LogP) is 4.33. The summed E-state index contributed by atoms with van der Waals surface area (Å²) in [5.41, 5.74) is 2.30. The van der Waals surface area contributed by atoms with E-state index in [2.05, 4.69) is 19.9 Å². The lowest BCUT2D eigenvalue weighted by molar-refractivity contribution is -0.0731. The normalized spacial score (nSPS) is 54.2. The van der Waals surface area contributed by atoms with Crippen molar-refractivity contribution in [3.05, 3.63) is 11.6 Å². The molecule has 1 N–H and O–H groups in total. The molecule has 4 aliphatic carbocycles. The Labute approximate surface area is 135 Å². The summed E-state index contributed by atoms with van der Waals surface area (Å²) in [7, 11) is 1.87. The van der Waals surface area contributed by atoms with Crippen molar-refractivity contribution in [3.8, 4) is 0 Å². The highest BCUT2D eigenvalue weighted by Crippen LogP contribution is 2.64. The Kier molecular flexibility index (Phi) is 3.51. The van der Waals surface area contributed by atoms with Gasteiger partial charge in [0.2, 0.25) is 0 Å². The van der Waals surface area contributed by atoms with Gasteiger partial charge in [-0.3, -0.25) is 0 Å². The van der Waals surface area contributed by atoms with Crippen molar-refractivity contribution in [3.63, 3.8) is 0 Å². The highest BCUT2D eigenvalue weighted by atomic mass is 16.5. The third kappa shape index (κ3) is 1.92. The standard InChI is InChI=1S/C20H32O2/c1-19-10-8-14(22-3)12-13(19)4-5-15-16-6-7-18(21)20(16,2)11-9-17(15)19/h4,14-18,21H,5-12H2,1-3H3. The predicted molar refractivity (Wildman–Crippen MR) is 88.5 cm³/mol. The minimum absolute atomic E-state index is 0.0548. The second-order valence-corrected chi connectivity index (χ2v) is 9.00. The fourth-order valence-corrected chi connectivity index (χ4v) is 6.80. The van der Waals surface area contributed by atoms with Gasteiger partial charge in [-0.2, -0.15) is 0 Å². The molecule has 0 aliphatic heterocycles. The van der Waals surface area contributed by atoms with Crippen LogP contribution in [0.5, 0.6) is 0 Å². The van der Waals surface area contributed by atoms with Crippen molar-refractivity contribution in [1.29, 1.82) is 0 Å². The second-order valence-electron chi connectivity index (χ2n) is 9.00. The number of methoxy groups -OCH3 is 1.